The van der Waals surface area contributed by atoms with Gasteiger partial charge in [-0.1, -0.05) is 11.8 Å². The van der Waals surface area contributed by atoms with Gasteiger partial charge in [-0.15, -0.1) is 0 Å². The largest absolute Gasteiger partial charge is 0.433 e. The highest BCUT2D eigenvalue weighted by Crippen LogP contribution is 2.36. The van der Waals surface area contributed by atoms with E-state index in [1.54, 1.807) is 13.2 Å². The summed E-state index contributed by atoms with van der Waals surface area (Å²) in [6, 6.07) is 0.571. The van der Waals surface area contributed by atoms with E-state index in [4.69, 9.17) is 0 Å². The molecule has 0 spiro atoms. The third-order valence-electron chi connectivity index (χ3n) is 4.25. The molecule has 0 amide bonds. The smallest absolute Gasteiger partial charge is 0.388 e. The summed E-state index contributed by atoms with van der Waals surface area (Å²) in [4.78, 5) is 12.0. The fraction of sp³-hybridized carbons (Fsp3) is 0.533. The number of hydrogen-bond acceptors (Lipinski definition) is 6. The normalized spacial score (nSPS) is 24.5. The molecule has 130 valence electrons. The van der Waals surface area contributed by atoms with E-state index in [2.05, 4.69) is 20.3 Å². The SMILES string of the molecule is CSc1ncc2cc(C(F)(F)F)nc(N[C@@H]3CCC[C@@]3(C)O)c2n1. The molecule has 1 aliphatic carbocycles. The average molecular weight is 358 g/mol. The second-order valence-corrected chi connectivity index (χ2v) is 6.87. The number of nitrogens with zero attached hydrogens (tertiary/aromatic N) is 3. The van der Waals surface area contributed by atoms with Crippen molar-refractivity contribution in [3.05, 3.63) is 18.0 Å². The summed E-state index contributed by atoms with van der Waals surface area (Å²) in [5, 5.41) is 14.1. The first-order chi connectivity index (χ1) is 11.2. The van der Waals surface area contributed by atoms with E-state index in [9.17, 15) is 18.3 Å². The molecule has 0 bridgehead atoms. The lowest BCUT2D eigenvalue weighted by molar-refractivity contribution is -0.141. The van der Waals surface area contributed by atoms with Gasteiger partial charge in [0.05, 0.1) is 11.6 Å². The van der Waals surface area contributed by atoms with Gasteiger partial charge in [0.15, 0.2) is 11.0 Å². The summed E-state index contributed by atoms with van der Waals surface area (Å²) >= 11 is 1.30. The standard InChI is InChI=1S/C15H17F3N4OS/c1-14(23)5-3-4-9(14)20-12-11-8(7-19-13(22-11)24-2)6-10(21-12)15(16,17)18/h6-7,9,23H,3-5H2,1-2H3,(H,20,21)/t9-,14-/m1/s1. The van der Waals surface area contributed by atoms with Gasteiger partial charge in [0.2, 0.25) is 0 Å². The number of aromatic nitrogens is 3. The molecule has 0 aromatic carbocycles. The fourth-order valence-corrected chi connectivity index (χ4v) is 3.25. The van der Waals surface area contributed by atoms with Crippen LogP contribution in [0.25, 0.3) is 10.9 Å². The Kier molecular flexibility index (Phi) is 4.33. The number of hydrogen-bond donors (Lipinski definition) is 2. The molecule has 0 radical (unpaired) electrons. The van der Waals surface area contributed by atoms with Crippen LogP contribution in [0.1, 0.15) is 31.9 Å². The van der Waals surface area contributed by atoms with Crippen LogP contribution >= 0.6 is 11.8 Å². The first kappa shape index (κ1) is 17.2. The molecule has 1 fully saturated rings. The predicted molar refractivity (Wildman–Crippen MR) is 86.0 cm³/mol. The topological polar surface area (TPSA) is 70.9 Å². The molecular weight excluding hydrogens is 341 g/mol. The predicted octanol–water partition coefficient (Wildman–Crippen LogP) is 3.48. The number of thioether (sulfide) groups is 1. The fourth-order valence-electron chi connectivity index (χ4n) is 2.91. The van der Waals surface area contributed by atoms with Crippen LogP contribution in [0.4, 0.5) is 19.0 Å². The molecule has 9 heteroatoms. The lowest BCUT2D eigenvalue weighted by Gasteiger charge is -2.27. The van der Waals surface area contributed by atoms with Crippen LogP contribution in [-0.4, -0.2) is 38.0 Å². The van der Waals surface area contributed by atoms with Gasteiger partial charge in [0, 0.05) is 11.6 Å². The highest BCUT2D eigenvalue weighted by atomic mass is 32.2. The number of alkyl halides is 3. The molecule has 3 rings (SSSR count). The van der Waals surface area contributed by atoms with Gasteiger partial charge in [0.1, 0.15) is 11.2 Å². The van der Waals surface area contributed by atoms with Crippen molar-refractivity contribution in [1.29, 1.82) is 0 Å². The van der Waals surface area contributed by atoms with E-state index in [-0.39, 0.29) is 17.2 Å². The third kappa shape index (κ3) is 3.27. The lowest BCUT2D eigenvalue weighted by atomic mass is 10.0. The Morgan fingerprint density at radius 3 is 2.71 bits per heavy atom. The molecule has 0 saturated heterocycles. The van der Waals surface area contributed by atoms with Crippen LogP contribution < -0.4 is 5.32 Å². The van der Waals surface area contributed by atoms with Crippen LogP contribution in [0.15, 0.2) is 17.4 Å². The number of rotatable bonds is 3. The van der Waals surface area contributed by atoms with Gasteiger partial charge in [-0.3, -0.25) is 0 Å². The quantitative estimate of drug-likeness (QED) is 0.647. The molecule has 1 saturated carbocycles. The Balaban J connectivity index is 2.11. The van der Waals surface area contributed by atoms with E-state index in [0.29, 0.717) is 23.5 Å². The van der Waals surface area contributed by atoms with Crippen molar-refractivity contribution in [1.82, 2.24) is 15.0 Å². The second kappa shape index (κ2) is 6.03. The maximum Gasteiger partial charge on any atom is 0.433 e. The maximum atomic E-state index is 13.1. The van der Waals surface area contributed by atoms with Crippen molar-refractivity contribution >= 4 is 28.5 Å². The summed E-state index contributed by atoms with van der Waals surface area (Å²) in [5.41, 5.74) is -1.67. The zero-order valence-electron chi connectivity index (χ0n) is 13.2. The summed E-state index contributed by atoms with van der Waals surface area (Å²) in [6.07, 6.45) is 0.629. The molecule has 0 aliphatic heterocycles. The minimum atomic E-state index is -4.57. The molecule has 0 unspecified atom stereocenters. The van der Waals surface area contributed by atoms with Gasteiger partial charge in [0.25, 0.3) is 0 Å². The van der Waals surface area contributed by atoms with Crippen LogP contribution in [-0.2, 0) is 6.18 Å². The van der Waals surface area contributed by atoms with Crippen molar-refractivity contribution in [2.45, 2.75) is 49.2 Å². The van der Waals surface area contributed by atoms with E-state index in [1.807, 2.05) is 0 Å². The van der Waals surface area contributed by atoms with Gasteiger partial charge in [-0.2, -0.15) is 13.2 Å². The summed E-state index contributed by atoms with van der Waals surface area (Å²) in [5.74, 6) is 0.0321. The molecule has 2 N–H and O–H groups in total. The van der Waals surface area contributed by atoms with Gasteiger partial charge >= 0.3 is 6.18 Å². The van der Waals surface area contributed by atoms with E-state index >= 15 is 0 Å². The number of anilines is 1. The Hall–Kier alpha value is -1.61. The molecule has 2 aromatic rings. The highest BCUT2D eigenvalue weighted by Gasteiger charge is 2.38. The third-order valence-corrected chi connectivity index (χ3v) is 4.82. The van der Waals surface area contributed by atoms with E-state index in [1.165, 1.54) is 18.0 Å². The van der Waals surface area contributed by atoms with Crippen molar-refractivity contribution < 1.29 is 18.3 Å². The van der Waals surface area contributed by atoms with E-state index < -0.39 is 17.5 Å². The maximum absolute atomic E-state index is 13.1. The Bertz CT molecular complexity index is 766. The molecule has 2 atom stereocenters. The zero-order chi connectivity index (χ0) is 17.5. The van der Waals surface area contributed by atoms with Gasteiger partial charge in [-0.25, -0.2) is 15.0 Å². The van der Waals surface area contributed by atoms with Gasteiger partial charge < -0.3 is 10.4 Å². The number of fused-ring (bicyclic) bond motifs is 1. The van der Waals surface area contributed by atoms with Crippen LogP contribution in [0.5, 0.6) is 0 Å². The molecule has 2 aromatic heterocycles. The highest BCUT2D eigenvalue weighted by molar-refractivity contribution is 7.98. The molecular formula is C15H17F3N4OS. The molecule has 1 aliphatic rings. The Morgan fingerprint density at radius 2 is 2.12 bits per heavy atom. The lowest BCUT2D eigenvalue weighted by Crippen LogP contribution is -2.39. The van der Waals surface area contributed by atoms with Crippen molar-refractivity contribution in [2.75, 3.05) is 11.6 Å². The van der Waals surface area contributed by atoms with Crippen molar-refractivity contribution in [2.24, 2.45) is 0 Å². The number of halogens is 3. The van der Waals surface area contributed by atoms with Crippen LogP contribution in [0, 0.1) is 0 Å². The minimum Gasteiger partial charge on any atom is -0.388 e. The van der Waals surface area contributed by atoms with Crippen molar-refractivity contribution in [3.8, 4) is 0 Å². The second-order valence-electron chi connectivity index (χ2n) is 6.09. The zero-order valence-corrected chi connectivity index (χ0v) is 14.0. The first-order valence-electron chi connectivity index (χ1n) is 7.48. The first-order valence-corrected chi connectivity index (χ1v) is 8.71. The van der Waals surface area contributed by atoms with Crippen LogP contribution in [0.3, 0.4) is 0 Å². The van der Waals surface area contributed by atoms with Crippen molar-refractivity contribution in [3.63, 3.8) is 0 Å². The summed E-state index contributed by atoms with van der Waals surface area (Å²) in [7, 11) is 0. The van der Waals surface area contributed by atoms with E-state index in [0.717, 1.165) is 12.5 Å². The molecule has 24 heavy (non-hydrogen) atoms. The number of pyridine rings is 1. The minimum absolute atomic E-state index is 0.0321. The monoisotopic (exact) mass is 358 g/mol. The molecule has 2 heterocycles. The molecule has 5 nitrogen and oxygen atoms in total. The van der Waals surface area contributed by atoms with Gasteiger partial charge in [-0.05, 0) is 38.5 Å². The Morgan fingerprint density at radius 1 is 1.38 bits per heavy atom. The average Bonchev–Trinajstić information content (AvgIpc) is 2.84. The number of nitrogens with one attached hydrogen (secondary N) is 1. The Labute approximate surface area is 141 Å². The van der Waals surface area contributed by atoms with Crippen LogP contribution in [0.2, 0.25) is 0 Å². The number of aliphatic hydroxyl groups is 1. The summed E-state index contributed by atoms with van der Waals surface area (Å²) in [6.45, 7) is 1.68. The summed E-state index contributed by atoms with van der Waals surface area (Å²) < 4.78 is 39.4.